The van der Waals surface area contributed by atoms with Gasteiger partial charge in [-0.1, -0.05) is 42.5 Å². The number of thiophene rings is 1. The van der Waals surface area contributed by atoms with Crippen LogP contribution >= 0.6 is 11.3 Å². The third-order valence-electron chi connectivity index (χ3n) is 5.86. The summed E-state index contributed by atoms with van der Waals surface area (Å²) in [6, 6.07) is 21.2. The molecule has 170 valence electrons. The lowest BCUT2D eigenvalue weighted by Crippen LogP contribution is -2.55. The molecule has 0 aliphatic carbocycles. The second kappa shape index (κ2) is 8.86. The monoisotopic (exact) mass is 471 g/mol. The van der Waals surface area contributed by atoms with Crippen LogP contribution in [0.5, 0.6) is 0 Å². The molecule has 0 amide bonds. The molecule has 1 aliphatic heterocycles. The topological polar surface area (TPSA) is 86.9 Å². The van der Waals surface area contributed by atoms with Crippen LogP contribution in [-0.2, 0) is 22.0 Å². The van der Waals surface area contributed by atoms with Crippen molar-refractivity contribution in [1.82, 2.24) is 4.31 Å². The lowest BCUT2D eigenvalue weighted by atomic mass is 9.97. The molecule has 1 atom stereocenters. The third kappa shape index (κ3) is 4.83. The predicted octanol–water partition coefficient (Wildman–Crippen LogP) is 3.68. The Morgan fingerprint density at radius 1 is 1.03 bits per heavy atom. The van der Waals surface area contributed by atoms with Gasteiger partial charge in [-0.15, -0.1) is 11.3 Å². The molecule has 1 saturated heterocycles. The zero-order valence-corrected chi connectivity index (χ0v) is 19.9. The Morgan fingerprint density at radius 3 is 2.31 bits per heavy atom. The molecule has 6 nitrogen and oxygen atoms in total. The van der Waals surface area contributed by atoms with E-state index in [9.17, 15) is 13.5 Å². The quantitative estimate of drug-likeness (QED) is 0.573. The summed E-state index contributed by atoms with van der Waals surface area (Å²) in [5, 5.41) is 10.8. The standard InChI is InChI=1S/C24H29N3O3S2/c1-24(2,28)19-8-10-20(11-9-19)27-15-14-26(32(29,30)23-13-12-22(25)31-23)17-21(27)16-18-6-4-3-5-7-18/h3-13,21,28H,14-17,25H2,1-2H3/t21-/m0/s1. The van der Waals surface area contributed by atoms with Gasteiger partial charge in [0.15, 0.2) is 0 Å². The van der Waals surface area contributed by atoms with E-state index in [1.165, 1.54) is 0 Å². The van der Waals surface area contributed by atoms with E-state index in [0.29, 0.717) is 24.6 Å². The van der Waals surface area contributed by atoms with Crippen molar-refractivity contribution in [1.29, 1.82) is 0 Å². The Bertz CT molecular complexity index is 1150. The van der Waals surface area contributed by atoms with Crippen LogP contribution < -0.4 is 10.6 Å². The average Bonchev–Trinajstić information content (AvgIpc) is 3.21. The van der Waals surface area contributed by atoms with Gasteiger partial charge in [-0.2, -0.15) is 4.31 Å². The van der Waals surface area contributed by atoms with Crippen molar-refractivity contribution in [3.63, 3.8) is 0 Å². The van der Waals surface area contributed by atoms with Crippen molar-refractivity contribution < 1.29 is 13.5 Å². The van der Waals surface area contributed by atoms with Gasteiger partial charge in [0.05, 0.1) is 10.6 Å². The van der Waals surface area contributed by atoms with E-state index in [0.717, 1.165) is 34.6 Å². The molecule has 0 bridgehead atoms. The number of anilines is 2. The SMILES string of the molecule is CC(C)(O)c1ccc(N2CCN(S(=O)(=O)c3ccc(N)s3)C[C@@H]2Cc2ccccc2)cc1. The van der Waals surface area contributed by atoms with Crippen LogP contribution in [0.3, 0.4) is 0 Å². The van der Waals surface area contributed by atoms with Crippen molar-refractivity contribution in [3.05, 3.63) is 77.9 Å². The summed E-state index contributed by atoms with van der Waals surface area (Å²) in [6.45, 7) is 4.91. The van der Waals surface area contributed by atoms with Crippen LogP contribution in [0.25, 0.3) is 0 Å². The van der Waals surface area contributed by atoms with Gasteiger partial charge in [-0.25, -0.2) is 8.42 Å². The molecule has 1 aliphatic rings. The first kappa shape index (κ1) is 22.8. The number of aliphatic hydroxyl groups is 1. The molecule has 1 fully saturated rings. The van der Waals surface area contributed by atoms with Gasteiger partial charge in [0.25, 0.3) is 10.0 Å². The maximum absolute atomic E-state index is 13.2. The van der Waals surface area contributed by atoms with Crippen molar-refractivity contribution >= 4 is 32.0 Å². The number of nitrogens with two attached hydrogens (primary N) is 1. The lowest BCUT2D eigenvalue weighted by Gasteiger charge is -2.42. The number of hydrogen-bond donors (Lipinski definition) is 2. The van der Waals surface area contributed by atoms with E-state index in [2.05, 4.69) is 17.0 Å². The molecule has 0 unspecified atom stereocenters. The molecule has 1 aromatic heterocycles. The number of hydrogen-bond acceptors (Lipinski definition) is 6. The molecule has 8 heteroatoms. The highest BCUT2D eigenvalue weighted by Gasteiger charge is 2.35. The van der Waals surface area contributed by atoms with Crippen molar-refractivity contribution in [2.75, 3.05) is 30.3 Å². The number of benzene rings is 2. The molecule has 4 rings (SSSR count). The van der Waals surface area contributed by atoms with E-state index >= 15 is 0 Å². The first-order valence-corrected chi connectivity index (χ1v) is 12.9. The highest BCUT2D eigenvalue weighted by atomic mass is 32.2. The highest BCUT2D eigenvalue weighted by Crippen LogP contribution is 2.31. The molecule has 0 spiro atoms. The first-order valence-electron chi connectivity index (χ1n) is 10.6. The molecule has 32 heavy (non-hydrogen) atoms. The molecular formula is C24H29N3O3S2. The fourth-order valence-electron chi connectivity index (χ4n) is 4.11. The first-order chi connectivity index (χ1) is 15.1. The Labute approximate surface area is 194 Å². The number of nitrogens with zero attached hydrogens (tertiary/aromatic N) is 2. The smallest absolute Gasteiger partial charge is 0.252 e. The third-order valence-corrected chi connectivity index (χ3v) is 9.11. The summed E-state index contributed by atoms with van der Waals surface area (Å²) >= 11 is 1.11. The second-order valence-corrected chi connectivity index (χ2v) is 11.9. The van der Waals surface area contributed by atoms with E-state index < -0.39 is 15.6 Å². The number of nitrogen functional groups attached to an aromatic ring is 1. The summed E-state index contributed by atoms with van der Waals surface area (Å²) < 4.78 is 28.3. The summed E-state index contributed by atoms with van der Waals surface area (Å²) in [7, 11) is -3.59. The fourth-order valence-corrected chi connectivity index (χ4v) is 6.82. The van der Waals surface area contributed by atoms with Crippen molar-refractivity contribution in [2.45, 2.75) is 36.1 Å². The maximum atomic E-state index is 13.2. The van der Waals surface area contributed by atoms with Gasteiger partial charge in [0.2, 0.25) is 0 Å². The minimum Gasteiger partial charge on any atom is -0.391 e. The maximum Gasteiger partial charge on any atom is 0.252 e. The van der Waals surface area contributed by atoms with Crippen LogP contribution in [0, 0.1) is 0 Å². The van der Waals surface area contributed by atoms with Gasteiger partial charge in [-0.3, -0.25) is 0 Å². The van der Waals surface area contributed by atoms with Gasteiger partial charge in [-0.05, 0) is 55.7 Å². The van der Waals surface area contributed by atoms with Crippen LogP contribution in [0.15, 0.2) is 70.9 Å². The Hall–Kier alpha value is -2.39. The Morgan fingerprint density at radius 2 is 1.72 bits per heavy atom. The molecule has 3 aromatic rings. The largest absolute Gasteiger partial charge is 0.391 e. The number of piperazine rings is 1. The summed E-state index contributed by atoms with van der Waals surface area (Å²) in [5.41, 5.74) is 7.91. The summed E-state index contributed by atoms with van der Waals surface area (Å²) in [6.07, 6.45) is 0.729. The Kier molecular flexibility index (Phi) is 6.31. The molecule has 0 radical (unpaired) electrons. The predicted molar refractivity (Wildman–Crippen MR) is 130 cm³/mol. The normalized spacial score (nSPS) is 18.1. The summed E-state index contributed by atoms with van der Waals surface area (Å²) in [5.74, 6) is 0. The van der Waals surface area contributed by atoms with Crippen LogP contribution in [0.4, 0.5) is 10.7 Å². The Balaban J connectivity index is 1.62. The molecule has 3 N–H and O–H groups in total. The average molecular weight is 472 g/mol. The van der Waals surface area contributed by atoms with E-state index in [-0.39, 0.29) is 10.3 Å². The van der Waals surface area contributed by atoms with Gasteiger partial charge in [0, 0.05) is 31.4 Å². The number of rotatable bonds is 6. The van der Waals surface area contributed by atoms with E-state index in [1.807, 2.05) is 42.5 Å². The fraction of sp³-hybridized carbons (Fsp3) is 0.333. The summed E-state index contributed by atoms with van der Waals surface area (Å²) in [4.78, 5) is 2.27. The molecule has 2 heterocycles. The van der Waals surface area contributed by atoms with Crippen molar-refractivity contribution in [3.8, 4) is 0 Å². The molecule has 2 aromatic carbocycles. The number of sulfonamides is 1. The lowest BCUT2D eigenvalue weighted by molar-refractivity contribution is 0.0786. The van der Waals surface area contributed by atoms with Crippen molar-refractivity contribution in [2.24, 2.45) is 0 Å². The van der Waals surface area contributed by atoms with E-state index in [1.54, 1.807) is 30.3 Å². The zero-order valence-electron chi connectivity index (χ0n) is 18.3. The van der Waals surface area contributed by atoms with Crippen LogP contribution in [-0.4, -0.2) is 43.5 Å². The minimum absolute atomic E-state index is 0.0220. The van der Waals surface area contributed by atoms with E-state index in [4.69, 9.17) is 5.73 Å². The van der Waals surface area contributed by atoms with Crippen LogP contribution in [0.1, 0.15) is 25.0 Å². The van der Waals surface area contributed by atoms with Gasteiger partial charge < -0.3 is 15.7 Å². The highest BCUT2D eigenvalue weighted by molar-refractivity contribution is 7.91. The zero-order chi connectivity index (χ0) is 22.9. The minimum atomic E-state index is -3.59. The molecular weight excluding hydrogens is 442 g/mol. The van der Waals surface area contributed by atoms with Crippen LogP contribution in [0.2, 0.25) is 0 Å². The molecule has 0 saturated carbocycles. The van der Waals surface area contributed by atoms with Gasteiger partial charge >= 0.3 is 0 Å². The second-order valence-electron chi connectivity index (χ2n) is 8.66. The van der Waals surface area contributed by atoms with Gasteiger partial charge in [0.1, 0.15) is 4.21 Å².